The van der Waals surface area contributed by atoms with Crippen molar-refractivity contribution in [3.63, 3.8) is 0 Å². The Kier molecular flexibility index (Phi) is 4.04. The fourth-order valence-corrected chi connectivity index (χ4v) is 3.27. The highest BCUT2D eigenvalue weighted by Gasteiger charge is 2.41. The highest BCUT2D eigenvalue weighted by atomic mass is 35.5. The Hall–Kier alpha value is -2.24. The minimum Gasteiger partial charge on any atom is -0.381 e. The Bertz CT molecular complexity index is 812. The van der Waals surface area contributed by atoms with Gasteiger partial charge >= 0.3 is 0 Å². The minimum atomic E-state index is -0.337. The van der Waals surface area contributed by atoms with Crippen LogP contribution in [0.5, 0.6) is 0 Å². The molecular weight excluding hydrogens is 326 g/mol. The number of nitrogens with zero attached hydrogens (tertiary/aromatic N) is 3. The molecule has 0 bridgehead atoms. The standard InChI is InChI=1S/C18H16ClN3O2/c19-15-5-3-14(4-6-15)18(7-10-23-11-8-18)17-21-16(22-24-17)13-2-1-9-20-12-13/h1-6,9,12H,7-8,10-11H2. The van der Waals surface area contributed by atoms with Gasteiger partial charge in [-0.25, -0.2) is 0 Å². The van der Waals surface area contributed by atoms with Crippen LogP contribution in [0.15, 0.2) is 53.3 Å². The van der Waals surface area contributed by atoms with Crippen molar-refractivity contribution < 1.29 is 9.26 Å². The van der Waals surface area contributed by atoms with Crippen LogP contribution >= 0.6 is 11.6 Å². The van der Waals surface area contributed by atoms with Crippen LogP contribution in [0.25, 0.3) is 11.4 Å². The monoisotopic (exact) mass is 341 g/mol. The normalized spacial score (nSPS) is 16.9. The molecule has 122 valence electrons. The predicted molar refractivity (Wildman–Crippen MR) is 89.8 cm³/mol. The number of benzene rings is 1. The zero-order chi connectivity index (χ0) is 16.4. The van der Waals surface area contributed by atoms with Crippen LogP contribution in [0, 0.1) is 0 Å². The quantitative estimate of drug-likeness (QED) is 0.723. The lowest BCUT2D eigenvalue weighted by atomic mass is 9.74. The van der Waals surface area contributed by atoms with Crippen molar-refractivity contribution in [1.82, 2.24) is 15.1 Å². The molecule has 4 rings (SSSR count). The van der Waals surface area contributed by atoms with Crippen molar-refractivity contribution >= 4 is 11.6 Å². The SMILES string of the molecule is Clc1ccc(C2(c3nc(-c4cccnc4)no3)CCOCC2)cc1. The van der Waals surface area contributed by atoms with Gasteiger partial charge < -0.3 is 9.26 Å². The highest BCUT2D eigenvalue weighted by Crippen LogP contribution is 2.41. The third kappa shape index (κ3) is 2.70. The van der Waals surface area contributed by atoms with Gasteiger partial charge in [0.15, 0.2) is 0 Å². The molecule has 5 nitrogen and oxygen atoms in total. The summed E-state index contributed by atoms with van der Waals surface area (Å²) >= 11 is 6.04. The van der Waals surface area contributed by atoms with E-state index in [1.54, 1.807) is 12.4 Å². The molecule has 0 radical (unpaired) electrons. The Balaban J connectivity index is 1.77. The molecule has 0 spiro atoms. The summed E-state index contributed by atoms with van der Waals surface area (Å²) < 4.78 is 11.2. The second kappa shape index (κ2) is 6.34. The molecule has 0 aliphatic carbocycles. The Morgan fingerprint density at radius 2 is 1.83 bits per heavy atom. The zero-order valence-electron chi connectivity index (χ0n) is 13.0. The molecule has 1 fully saturated rings. The van der Waals surface area contributed by atoms with E-state index in [1.807, 2.05) is 36.4 Å². The van der Waals surface area contributed by atoms with Crippen molar-refractivity contribution in [2.45, 2.75) is 18.3 Å². The van der Waals surface area contributed by atoms with Gasteiger partial charge in [-0.1, -0.05) is 28.9 Å². The lowest BCUT2D eigenvalue weighted by Gasteiger charge is -2.34. The second-order valence-electron chi connectivity index (χ2n) is 5.87. The summed E-state index contributed by atoms with van der Waals surface area (Å²) in [5.74, 6) is 1.17. The molecule has 0 amide bonds. The maximum atomic E-state index is 6.04. The first-order valence-corrected chi connectivity index (χ1v) is 8.24. The lowest BCUT2D eigenvalue weighted by molar-refractivity contribution is 0.0523. The minimum absolute atomic E-state index is 0.337. The van der Waals surface area contributed by atoms with Gasteiger partial charge in [-0.05, 0) is 42.7 Å². The van der Waals surface area contributed by atoms with Crippen LogP contribution < -0.4 is 0 Å². The van der Waals surface area contributed by atoms with Gasteiger partial charge in [0.25, 0.3) is 0 Å². The average molecular weight is 342 g/mol. The molecule has 0 saturated carbocycles. The molecule has 1 aliphatic rings. The third-order valence-electron chi connectivity index (χ3n) is 4.50. The van der Waals surface area contributed by atoms with E-state index in [2.05, 4.69) is 15.1 Å². The van der Waals surface area contributed by atoms with Crippen LogP contribution in [0.1, 0.15) is 24.3 Å². The van der Waals surface area contributed by atoms with Crippen molar-refractivity contribution in [2.75, 3.05) is 13.2 Å². The fraction of sp³-hybridized carbons (Fsp3) is 0.278. The van der Waals surface area contributed by atoms with E-state index in [4.69, 9.17) is 20.9 Å². The third-order valence-corrected chi connectivity index (χ3v) is 4.75. The molecular formula is C18H16ClN3O2. The number of hydrogen-bond acceptors (Lipinski definition) is 5. The van der Waals surface area contributed by atoms with Crippen LogP contribution in [0.4, 0.5) is 0 Å². The van der Waals surface area contributed by atoms with E-state index in [-0.39, 0.29) is 5.41 Å². The van der Waals surface area contributed by atoms with Gasteiger partial charge in [0.2, 0.25) is 11.7 Å². The molecule has 0 N–H and O–H groups in total. The van der Waals surface area contributed by atoms with Crippen molar-refractivity contribution in [1.29, 1.82) is 0 Å². The van der Waals surface area contributed by atoms with Gasteiger partial charge in [-0.2, -0.15) is 4.98 Å². The number of hydrogen-bond donors (Lipinski definition) is 0. The van der Waals surface area contributed by atoms with E-state index in [9.17, 15) is 0 Å². The van der Waals surface area contributed by atoms with E-state index in [0.29, 0.717) is 30.0 Å². The number of ether oxygens (including phenoxy) is 1. The molecule has 6 heteroatoms. The number of pyridine rings is 1. The Labute approximate surface area is 144 Å². The number of halogens is 1. The van der Waals surface area contributed by atoms with Gasteiger partial charge in [-0.15, -0.1) is 0 Å². The van der Waals surface area contributed by atoms with E-state index >= 15 is 0 Å². The van der Waals surface area contributed by atoms with Crippen molar-refractivity contribution in [2.24, 2.45) is 0 Å². The smallest absolute Gasteiger partial charge is 0.237 e. The molecule has 0 atom stereocenters. The number of rotatable bonds is 3. The van der Waals surface area contributed by atoms with Crippen molar-refractivity contribution in [3.05, 3.63) is 65.3 Å². The predicted octanol–water partition coefficient (Wildman–Crippen LogP) is 3.88. The maximum absolute atomic E-state index is 6.04. The average Bonchev–Trinajstić information content (AvgIpc) is 3.14. The summed E-state index contributed by atoms with van der Waals surface area (Å²) in [6.45, 7) is 1.32. The summed E-state index contributed by atoms with van der Waals surface area (Å²) in [7, 11) is 0. The van der Waals surface area contributed by atoms with Crippen LogP contribution in [0.2, 0.25) is 5.02 Å². The topological polar surface area (TPSA) is 61.0 Å². The van der Waals surface area contributed by atoms with Crippen LogP contribution in [0.3, 0.4) is 0 Å². The molecule has 1 saturated heterocycles. The van der Waals surface area contributed by atoms with E-state index in [1.165, 1.54) is 0 Å². The van der Waals surface area contributed by atoms with Gasteiger partial charge in [0.1, 0.15) is 0 Å². The molecule has 24 heavy (non-hydrogen) atoms. The first kappa shape index (κ1) is 15.3. The summed E-state index contributed by atoms with van der Waals surface area (Å²) in [5, 5.41) is 4.87. The lowest BCUT2D eigenvalue weighted by Crippen LogP contribution is -2.35. The van der Waals surface area contributed by atoms with Crippen LogP contribution in [-0.2, 0) is 10.2 Å². The number of aromatic nitrogens is 3. The molecule has 1 aromatic carbocycles. The molecule has 2 aromatic heterocycles. The van der Waals surface area contributed by atoms with Gasteiger partial charge in [0, 0.05) is 36.2 Å². The maximum Gasteiger partial charge on any atom is 0.237 e. The first-order chi connectivity index (χ1) is 11.8. The molecule has 1 aliphatic heterocycles. The van der Waals surface area contributed by atoms with E-state index < -0.39 is 0 Å². The summed E-state index contributed by atoms with van der Waals surface area (Å²) in [4.78, 5) is 8.78. The second-order valence-corrected chi connectivity index (χ2v) is 6.30. The summed E-state index contributed by atoms with van der Waals surface area (Å²) in [6, 6.07) is 11.6. The van der Waals surface area contributed by atoms with Crippen molar-refractivity contribution in [3.8, 4) is 11.4 Å². The molecule has 0 unspecified atom stereocenters. The highest BCUT2D eigenvalue weighted by molar-refractivity contribution is 6.30. The largest absolute Gasteiger partial charge is 0.381 e. The zero-order valence-corrected chi connectivity index (χ0v) is 13.7. The fourth-order valence-electron chi connectivity index (χ4n) is 3.14. The Morgan fingerprint density at radius 3 is 2.54 bits per heavy atom. The first-order valence-electron chi connectivity index (χ1n) is 7.86. The summed E-state index contributed by atoms with van der Waals surface area (Å²) in [6.07, 6.45) is 5.04. The van der Waals surface area contributed by atoms with Gasteiger partial charge in [-0.3, -0.25) is 4.98 Å². The summed E-state index contributed by atoms with van der Waals surface area (Å²) in [5.41, 5.74) is 1.62. The van der Waals surface area contributed by atoms with E-state index in [0.717, 1.165) is 24.0 Å². The Morgan fingerprint density at radius 1 is 1.04 bits per heavy atom. The van der Waals surface area contributed by atoms with Gasteiger partial charge in [0.05, 0.1) is 5.41 Å². The van der Waals surface area contributed by atoms with Crippen LogP contribution in [-0.4, -0.2) is 28.3 Å². The molecule has 3 aromatic rings. The molecule has 3 heterocycles.